The molecule has 0 saturated carbocycles. The highest BCUT2D eigenvalue weighted by atomic mass is 79.9. The van der Waals surface area contributed by atoms with Crippen LogP contribution in [0.2, 0.25) is 0 Å². The van der Waals surface area contributed by atoms with Crippen LogP contribution in [-0.4, -0.2) is 36.2 Å². The number of methoxy groups -OCH3 is 1. The zero-order valence-corrected chi connectivity index (χ0v) is 13.1. The van der Waals surface area contributed by atoms with Crippen LogP contribution in [0.1, 0.15) is 12.5 Å². The highest BCUT2D eigenvalue weighted by Crippen LogP contribution is 2.19. The van der Waals surface area contributed by atoms with E-state index in [4.69, 9.17) is 17.0 Å². The molecule has 0 aromatic heterocycles. The Morgan fingerprint density at radius 3 is 3.05 bits per heavy atom. The first-order valence-corrected chi connectivity index (χ1v) is 6.80. The standard InChI is InChI=1S/C12H16BrN3O2S/c1-8(7-18-2)15-12(19)16-14-6-9-5-10(13)3-4-11(9)17/h3-6,8,17H,7H2,1-2H3,(H2,15,16,19)/b14-6+/t8-/m1/s1. The summed E-state index contributed by atoms with van der Waals surface area (Å²) >= 11 is 8.38. The van der Waals surface area contributed by atoms with Gasteiger partial charge in [-0.2, -0.15) is 5.10 Å². The Labute approximate surface area is 126 Å². The van der Waals surface area contributed by atoms with Crippen LogP contribution in [-0.2, 0) is 4.74 Å². The number of halogens is 1. The second kappa shape index (κ2) is 8.08. The predicted octanol–water partition coefficient (Wildman–Crippen LogP) is 1.99. The summed E-state index contributed by atoms with van der Waals surface area (Å²) in [6.45, 7) is 2.50. The van der Waals surface area contributed by atoms with Crippen LogP contribution < -0.4 is 10.7 Å². The molecule has 7 heteroatoms. The average molecular weight is 346 g/mol. The van der Waals surface area contributed by atoms with E-state index in [-0.39, 0.29) is 11.8 Å². The van der Waals surface area contributed by atoms with E-state index in [1.807, 2.05) is 6.92 Å². The van der Waals surface area contributed by atoms with Gasteiger partial charge in [0.1, 0.15) is 5.75 Å². The molecule has 0 heterocycles. The molecule has 0 amide bonds. The van der Waals surface area contributed by atoms with Crippen molar-refractivity contribution in [1.82, 2.24) is 10.7 Å². The van der Waals surface area contributed by atoms with Crippen molar-refractivity contribution in [2.24, 2.45) is 5.10 Å². The van der Waals surface area contributed by atoms with Gasteiger partial charge in [0, 0.05) is 23.2 Å². The first-order valence-electron chi connectivity index (χ1n) is 5.60. The Kier molecular flexibility index (Phi) is 6.75. The van der Waals surface area contributed by atoms with E-state index in [9.17, 15) is 5.11 Å². The van der Waals surface area contributed by atoms with Gasteiger partial charge in [-0.15, -0.1) is 0 Å². The van der Waals surface area contributed by atoms with Gasteiger partial charge in [0.15, 0.2) is 5.11 Å². The van der Waals surface area contributed by atoms with Crippen LogP contribution in [0, 0.1) is 0 Å². The highest BCUT2D eigenvalue weighted by Gasteiger charge is 2.02. The van der Waals surface area contributed by atoms with Crippen molar-refractivity contribution in [3.8, 4) is 5.75 Å². The van der Waals surface area contributed by atoms with E-state index in [1.54, 1.807) is 25.3 Å². The normalized spacial score (nSPS) is 12.4. The minimum absolute atomic E-state index is 0.0967. The zero-order valence-electron chi connectivity index (χ0n) is 10.7. The van der Waals surface area contributed by atoms with Crippen molar-refractivity contribution in [2.45, 2.75) is 13.0 Å². The van der Waals surface area contributed by atoms with Crippen molar-refractivity contribution in [3.05, 3.63) is 28.2 Å². The zero-order chi connectivity index (χ0) is 14.3. The number of phenols is 1. The Morgan fingerprint density at radius 2 is 2.37 bits per heavy atom. The molecule has 3 N–H and O–H groups in total. The van der Waals surface area contributed by atoms with Gasteiger partial charge < -0.3 is 15.2 Å². The minimum Gasteiger partial charge on any atom is -0.507 e. The van der Waals surface area contributed by atoms with E-state index < -0.39 is 0 Å². The first-order chi connectivity index (χ1) is 9.02. The van der Waals surface area contributed by atoms with Gasteiger partial charge in [0.05, 0.1) is 12.8 Å². The second-order valence-electron chi connectivity index (χ2n) is 3.90. The SMILES string of the molecule is COC[C@@H](C)NC(=S)N/N=C/c1cc(Br)ccc1O. The summed E-state index contributed by atoms with van der Waals surface area (Å²) in [4.78, 5) is 0. The smallest absolute Gasteiger partial charge is 0.187 e. The topological polar surface area (TPSA) is 65.9 Å². The number of hydrogen-bond acceptors (Lipinski definition) is 4. The third kappa shape index (κ3) is 6.00. The molecule has 1 aromatic rings. The predicted molar refractivity (Wildman–Crippen MR) is 83.6 cm³/mol. The van der Waals surface area contributed by atoms with E-state index in [1.165, 1.54) is 6.21 Å². The molecule has 1 aromatic carbocycles. The number of nitrogens with zero attached hydrogens (tertiary/aromatic N) is 1. The molecule has 0 aliphatic carbocycles. The molecule has 0 radical (unpaired) electrons. The largest absolute Gasteiger partial charge is 0.507 e. The van der Waals surface area contributed by atoms with Crippen LogP contribution in [0.15, 0.2) is 27.8 Å². The van der Waals surface area contributed by atoms with Gasteiger partial charge in [0.25, 0.3) is 0 Å². The van der Waals surface area contributed by atoms with E-state index >= 15 is 0 Å². The number of ether oxygens (including phenoxy) is 1. The summed E-state index contributed by atoms with van der Waals surface area (Å²) in [5, 5.41) is 17.0. The number of rotatable bonds is 5. The quantitative estimate of drug-likeness (QED) is 0.432. The summed E-state index contributed by atoms with van der Waals surface area (Å²) in [7, 11) is 1.63. The number of thiocarbonyl (C=S) groups is 1. The maximum Gasteiger partial charge on any atom is 0.187 e. The molecule has 0 spiro atoms. The molecular weight excluding hydrogens is 330 g/mol. The summed E-state index contributed by atoms with van der Waals surface area (Å²) in [6, 6.07) is 5.19. The maximum absolute atomic E-state index is 9.61. The molecule has 104 valence electrons. The van der Waals surface area contributed by atoms with Crippen LogP contribution in [0.3, 0.4) is 0 Å². The average Bonchev–Trinajstić information content (AvgIpc) is 2.33. The lowest BCUT2D eigenvalue weighted by atomic mass is 10.2. The molecule has 0 aliphatic heterocycles. The van der Waals surface area contributed by atoms with Crippen LogP contribution in [0.25, 0.3) is 0 Å². The summed E-state index contributed by atoms with van der Waals surface area (Å²) in [5.74, 6) is 0.153. The lowest BCUT2D eigenvalue weighted by Crippen LogP contribution is -2.40. The molecule has 0 unspecified atom stereocenters. The Balaban J connectivity index is 2.49. The molecule has 1 atom stereocenters. The molecule has 0 aliphatic rings. The highest BCUT2D eigenvalue weighted by molar-refractivity contribution is 9.10. The van der Waals surface area contributed by atoms with Crippen LogP contribution in [0.5, 0.6) is 5.75 Å². The lowest BCUT2D eigenvalue weighted by molar-refractivity contribution is 0.179. The van der Waals surface area contributed by atoms with Crippen molar-refractivity contribution < 1.29 is 9.84 Å². The molecule has 0 fully saturated rings. The molecule has 0 bridgehead atoms. The van der Waals surface area contributed by atoms with Crippen molar-refractivity contribution in [1.29, 1.82) is 0 Å². The van der Waals surface area contributed by atoms with E-state index in [0.717, 1.165) is 4.47 Å². The first kappa shape index (κ1) is 15.9. The maximum atomic E-state index is 9.61. The Bertz CT molecular complexity index is 468. The Morgan fingerprint density at radius 1 is 1.63 bits per heavy atom. The fraction of sp³-hybridized carbons (Fsp3) is 0.333. The number of aromatic hydroxyl groups is 1. The van der Waals surface area contributed by atoms with Crippen LogP contribution >= 0.6 is 28.1 Å². The number of phenolic OH excluding ortho intramolecular Hbond substituents is 1. The van der Waals surface area contributed by atoms with Gasteiger partial charge in [0.2, 0.25) is 0 Å². The minimum atomic E-state index is 0.0967. The van der Waals surface area contributed by atoms with E-state index in [2.05, 4.69) is 31.8 Å². The van der Waals surface area contributed by atoms with Gasteiger partial charge in [-0.3, -0.25) is 5.43 Å². The fourth-order valence-electron chi connectivity index (χ4n) is 1.34. The molecule has 5 nitrogen and oxygen atoms in total. The van der Waals surface area contributed by atoms with Crippen molar-refractivity contribution in [3.63, 3.8) is 0 Å². The third-order valence-electron chi connectivity index (χ3n) is 2.15. The lowest BCUT2D eigenvalue weighted by Gasteiger charge is -2.13. The Hall–Kier alpha value is -1.18. The number of hydrogen-bond donors (Lipinski definition) is 3. The van der Waals surface area contributed by atoms with Gasteiger partial charge in [-0.1, -0.05) is 15.9 Å². The summed E-state index contributed by atoms with van der Waals surface area (Å²) < 4.78 is 5.84. The summed E-state index contributed by atoms with van der Waals surface area (Å²) in [6.07, 6.45) is 1.50. The molecule has 0 saturated heterocycles. The summed E-state index contributed by atoms with van der Waals surface area (Å²) in [5.41, 5.74) is 3.27. The van der Waals surface area contributed by atoms with Crippen molar-refractivity contribution in [2.75, 3.05) is 13.7 Å². The van der Waals surface area contributed by atoms with E-state index in [0.29, 0.717) is 17.3 Å². The second-order valence-corrected chi connectivity index (χ2v) is 5.23. The number of benzene rings is 1. The molecule has 1 rings (SSSR count). The number of nitrogens with one attached hydrogen (secondary N) is 2. The number of hydrazone groups is 1. The van der Waals surface area contributed by atoms with Gasteiger partial charge in [-0.25, -0.2) is 0 Å². The molecular formula is C12H16BrN3O2S. The van der Waals surface area contributed by atoms with Gasteiger partial charge >= 0.3 is 0 Å². The monoisotopic (exact) mass is 345 g/mol. The molecule has 19 heavy (non-hydrogen) atoms. The van der Waals surface area contributed by atoms with Crippen LogP contribution in [0.4, 0.5) is 0 Å². The van der Waals surface area contributed by atoms with Crippen molar-refractivity contribution >= 4 is 39.5 Å². The fourth-order valence-corrected chi connectivity index (χ4v) is 1.97. The van der Waals surface area contributed by atoms with Gasteiger partial charge in [-0.05, 0) is 37.3 Å². The third-order valence-corrected chi connectivity index (χ3v) is 2.86.